The third-order valence-corrected chi connectivity index (χ3v) is 6.26. The monoisotopic (exact) mass is 431 g/mol. The summed E-state index contributed by atoms with van der Waals surface area (Å²) in [6.45, 7) is 7.27. The number of hydrogen-bond donors (Lipinski definition) is 2. The number of phenols is 1. The standard InChI is InChI=1S/C27H33N3O2/c31-22-25-11-5-4-10-24(25)21-29-15-14-28(20-23-8-2-1-3-9-23)16-18-30(19-17-29)26-12-6-7-13-27(26)32/h1-13,31-32H,14-22H2. The van der Waals surface area contributed by atoms with Crippen LogP contribution in [0.2, 0.25) is 0 Å². The number of benzene rings is 3. The predicted molar refractivity (Wildman–Crippen MR) is 130 cm³/mol. The molecule has 0 spiro atoms. The molecule has 0 atom stereocenters. The second-order valence-corrected chi connectivity index (χ2v) is 8.44. The van der Waals surface area contributed by atoms with Gasteiger partial charge in [0.15, 0.2) is 0 Å². The molecule has 3 aromatic rings. The smallest absolute Gasteiger partial charge is 0.138 e. The minimum absolute atomic E-state index is 0.0636. The number of para-hydroxylation sites is 2. The zero-order chi connectivity index (χ0) is 22.2. The van der Waals surface area contributed by atoms with Gasteiger partial charge in [0.2, 0.25) is 0 Å². The lowest BCUT2D eigenvalue weighted by Gasteiger charge is -2.28. The lowest BCUT2D eigenvalue weighted by molar-refractivity contribution is 0.207. The summed E-state index contributed by atoms with van der Waals surface area (Å²) in [6.07, 6.45) is 0. The number of aliphatic hydroxyl groups is 1. The Labute approximate surface area is 191 Å². The molecule has 1 aliphatic rings. The highest BCUT2D eigenvalue weighted by Gasteiger charge is 2.19. The van der Waals surface area contributed by atoms with Gasteiger partial charge < -0.3 is 15.1 Å². The molecule has 2 N–H and O–H groups in total. The zero-order valence-corrected chi connectivity index (χ0v) is 18.6. The molecule has 0 bridgehead atoms. The maximum Gasteiger partial charge on any atom is 0.138 e. The van der Waals surface area contributed by atoms with Crippen molar-refractivity contribution in [3.8, 4) is 5.75 Å². The molecule has 0 aromatic heterocycles. The fourth-order valence-electron chi connectivity index (χ4n) is 4.38. The highest BCUT2D eigenvalue weighted by atomic mass is 16.3. The maximum atomic E-state index is 10.5. The minimum atomic E-state index is 0.0636. The van der Waals surface area contributed by atoms with Crippen LogP contribution in [0, 0.1) is 0 Å². The fraction of sp³-hybridized carbons (Fsp3) is 0.333. The fourth-order valence-corrected chi connectivity index (χ4v) is 4.38. The van der Waals surface area contributed by atoms with Crippen molar-refractivity contribution in [1.29, 1.82) is 0 Å². The second-order valence-electron chi connectivity index (χ2n) is 8.44. The molecule has 4 rings (SSSR count). The molecule has 1 saturated heterocycles. The Kier molecular flexibility index (Phi) is 7.77. The quantitative estimate of drug-likeness (QED) is 0.623. The molecule has 168 valence electrons. The SMILES string of the molecule is OCc1ccccc1CN1CCN(Cc2ccccc2)CCN(c2ccccc2O)CC1. The van der Waals surface area contributed by atoms with Crippen LogP contribution in [-0.4, -0.2) is 59.3 Å². The summed E-state index contributed by atoms with van der Waals surface area (Å²) in [4.78, 5) is 7.26. The Morgan fingerprint density at radius 3 is 1.84 bits per heavy atom. The highest BCUT2D eigenvalue weighted by Crippen LogP contribution is 2.26. The van der Waals surface area contributed by atoms with E-state index in [1.54, 1.807) is 6.07 Å². The summed E-state index contributed by atoms with van der Waals surface area (Å²) >= 11 is 0. The highest BCUT2D eigenvalue weighted by molar-refractivity contribution is 5.57. The van der Waals surface area contributed by atoms with Gasteiger partial charge in [-0.2, -0.15) is 0 Å². The first-order valence-corrected chi connectivity index (χ1v) is 11.4. The normalized spacial score (nSPS) is 16.3. The molecule has 0 radical (unpaired) electrons. The molecule has 5 nitrogen and oxygen atoms in total. The van der Waals surface area contributed by atoms with Crippen molar-refractivity contribution in [2.75, 3.05) is 44.2 Å². The van der Waals surface area contributed by atoms with E-state index in [0.717, 1.165) is 63.6 Å². The molecule has 0 saturated carbocycles. The molecule has 1 aliphatic heterocycles. The van der Waals surface area contributed by atoms with Gasteiger partial charge in [-0.1, -0.05) is 66.7 Å². The van der Waals surface area contributed by atoms with E-state index in [0.29, 0.717) is 5.75 Å². The van der Waals surface area contributed by atoms with Crippen LogP contribution >= 0.6 is 0 Å². The summed E-state index contributed by atoms with van der Waals surface area (Å²) in [5, 5.41) is 20.2. The average Bonchev–Trinajstić information content (AvgIpc) is 2.92. The first-order valence-electron chi connectivity index (χ1n) is 11.4. The van der Waals surface area contributed by atoms with Crippen molar-refractivity contribution >= 4 is 5.69 Å². The van der Waals surface area contributed by atoms with E-state index in [1.807, 2.05) is 36.4 Å². The van der Waals surface area contributed by atoms with Crippen LogP contribution in [0.5, 0.6) is 5.75 Å². The summed E-state index contributed by atoms with van der Waals surface area (Å²) < 4.78 is 0. The molecule has 1 fully saturated rings. The van der Waals surface area contributed by atoms with Crippen molar-refractivity contribution in [2.24, 2.45) is 0 Å². The van der Waals surface area contributed by atoms with E-state index in [1.165, 1.54) is 11.1 Å². The lowest BCUT2D eigenvalue weighted by Crippen LogP contribution is -2.36. The van der Waals surface area contributed by atoms with Gasteiger partial charge in [-0.3, -0.25) is 9.80 Å². The van der Waals surface area contributed by atoms with Crippen LogP contribution in [0.4, 0.5) is 5.69 Å². The van der Waals surface area contributed by atoms with Crippen molar-refractivity contribution < 1.29 is 10.2 Å². The number of anilines is 1. The molecular formula is C27H33N3O2. The summed E-state index contributed by atoms with van der Waals surface area (Å²) in [5.74, 6) is 0.332. The first-order chi connectivity index (χ1) is 15.7. The zero-order valence-electron chi connectivity index (χ0n) is 18.6. The van der Waals surface area contributed by atoms with Crippen LogP contribution in [0.3, 0.4) is 0 Å². The van der Waals surface area contributed by atoms with Crippen LogP contribution in [-0.2, 0) is 19.7 Å². The number of nitrogens with zero attached hydrogens (tertiary/aromatic N) is 3. The van der Waals surface area contributed by atoms with Crippen molar-refractivity contribution in [1.82, 2.24) is 9.80 Å². The third kappa shape index (κ3) is 5.88. The van der Waals surface area contributed by atoms with Gasteiger partial charge in [-0.05, 0) is 28.8 Å². The van der Waals surface area contributed by atoms with Gasteiger partial charge in [0.05, 0.1) is 12.3 Å². The van der Waals surface area contributed by atoms with Gasteiger partial charge >= 0.3 is 0 Å². The minimum Gasteiger partial charge on any atom is -0.506 e. The number of phenolic OH excluding ortho intramolecular Hbond substituents is 1. The molecule has 0 amide bonds. The Morgan fingerprint density at radius 1 is 0.594 bits per heavy atom. The van der Waals surface area contributed by atoms with Crippen LogP contribution in [0.1, 0.15) is 16.7 Å². The average molecular weight is 432 g/mol. The van der Waals surface area contributed by atoms with Gasteiger partial charge in [0.1, 0.15) is 5.75 Å². The van der Waals surface area contributed by atoms with Crippen molar-refractivity contribution in [3.05, 3.63) is 95.6 Å². The van der Waals surface area contributed by atoms with Crippen molar-refractivity contribution in [3.63, 3.8) is 0 Å². The third-order valence-electron chi connectivity index (χ3n) is 6.26. The van der Waals surface area contributed by atoms with E-state index < -0.39 is 0 Å². The Hall–Kier alpha value is -2.86. The largest absolute Gasteiger partial charge is 0.506 e. The molecule has 0 unspecified atom stereocenters. The number of hydrogen-bond acceptors (Lipinski definition) is 5. The summed E-state index contributed by atoms with van der Waals surface area (Å²) in [5.41, 5.74) is 4.38. The van der Waals surface area contributed by atoms with Crippen LogP contribution in [0.15, 0.2) is 78.9 Å². The van der Waals surface area contributed by atoms with Gasteiger partial charge in [-0.15, -0.1) is 0 Å². The van der Waals surface area contributed by atoms with Crippen LogP contribution < -0.4 is 4.90 Å². The van der Waals surface area contributed by atoms with Gasteiger partial charge in [0, 0.05) is 52.4 Å². The van der Waals surface area contributed by atoms with E-state index in [-0.39, 0.29) is 6.61 Å². The number of aliphatic hydroxyl groups excluding tert-OH is 1. The summed E-state index contributed by atoms with van der Waals surface area (Å²) in [7, 11) is 0. The first kappa shape index (κ1) is 22.3. The lowest BCUT2D eigenvalue weighted by atomic mass is 10.1. The maximum absolute atomic E-state index is 10.5. The predicted octanol–water partition coefficient (Wildman–Crippen LogP) is 3.71. The van der Waals surface area contributed by atoms with E-state index in [9.17, 15) is 10.2 Å². The van der Waals surface area contributed by atoms with E-state index in [2.05, 4.69) is 51.1 Å². The molecule has 3 aromatic carbocycles. The summed E-state index contributed by atoms with van der Waals surface area (Å²) in [6, 6.07) is 26.4. The van der Waals surface area contributed by atoms with Gasteiger partial charge in [0.25, 0.3) is 0 Å². The molecule has 32 heavy (non-hydrogen) atoms. The van der Waals surface area contributed by atoms with Crippen LogP contribution in [0.25, 0.3) is 0 Å². The second kappa shape index (κ2) is 11.1. The Morgan fingerprint density at radius 2 is 1.16 bits per heavy atom. The molecular weight excluding hydrogens is 398 g/mol. The Bertz CT molecular complexity index is 979. The van der Waals surface area contributed by atoms with Crippen molar-refractivity contribution in [2.45, 2.75) is 19.7 Å². The van der Waals surface area contributed by atoms with E-state index in [4.69, 9.17) is 0 Å². The van der Waals surface area contributed by atoms with Gasteiger partial charge in [-0.25, -0.2) is 0 Å². The number of aromatic hydroxyl groups is 1. The molecule has 0 aliphatic carbocycles. The number of rotatable bonds is 6. The molecule has 1 heterocycles. The van der Waals surface area contributed by atoms with E-state index >= 15 is 0 Å². The molecule has 5 heteroatoms. The topological polar surface area (TPSA) is 50.2 Å². The Balaban J connectivity index is 1.54.